The van der Waals surface area contributed by atoms with Gasteiger partial charge >= 0.3 is 5.97 Å². The van der Waals surface area contributed by atoms with Crippen LogP contribution in [0.3, 0.4) is 0 Å². The zero-order valence-corrected chi connectivity index (χ0v) is 25.9. The van der Waals surface area contributed by atoms with Gasteiger partial charge in [-0.15, -0.1) is 0 Å². The van der Waals surface area contributed by atoms with Crippen molar-refractivity contribution in [3.8, 4) is 11.3 Å². The first-order valence-corrected chi connectivity index (χ1v) is 15.4. The molecule has 0 N–H and O–H groups in total. The number of carbonyl (C=O) groups excluding carboxylic acids is 4. The molecule has 6 rings (SSSR count). The summed E-state index contributed by atoms with van der Waals surface area (Å²) in [4.78, 5) is 58.9. The summed E-state index contributed by atoms with van der Waals surface area (Å²) in [5.41, 5.74) is 3.85. The molecule has 1 aliphatic heterocycles. The molecule has 9 heteroatoms. The maximum atomic E-state index is 13.6. The van der Waals surface area contributed by atoms with Gasteiger partial charge in [0.25, 0.3) is 0 Å². The number of aromatic nitrogens is 1. The van der Waals surface area contributed by atoms with E-state index >= 15 is 0 Å². The lowest BCUT2D eigenvalue weighted by Crippen LogP contribution is -2.30. The standard InChI is InChI=1S/C34H28BrClN2O5/c1-18-15-22(35)16-27-28(34(42)43-19(2)31(39)21-7-11-23(36)12-8-21)17-29(37-30(18)27)20-9-13-24(14-10-20)38-32(40)25-5-3-4-6-26(25)33(38)41/h7-17,19,25-26H,3-6H2,1-2H3. The fourth-order valence-corrected chi connectivity index (χ4v) is 6.80. The number of anilines is 1. The number of Topliss-reactive ketones (excluding diaryl/α,β-unsaturated/α-hetero) is 1. The summed E-state index contributed by atoms with van der Waals surface area (Å²) in [7, 11) is 0. The molecule has 3 unspecified atom stereocenters. The van der Waals surface area contributed by atoms with Crippen LogP contribution in [0.5, 0.6) is 0 Å². The maximum absolute atomic E-state index is 13.6. The first kappa shape index (κ1) is 29.2. The Labute approximate surface area is 262 Å². The van der Waals surface area contributed by atoms with Gasteiger partial charge in [-0.25, -0.2) is 9.78 Å². The van der Waals surface area contributed by atoms with Crippen LogP contribution in [0.15, 0.2) is 71.2 Å². The molecular formula is C34H28BrClN2O5. The Morgan fingerprint density at radius 1 is 0.953 bits per heavy atom. The van der Waals surface area contributed by atoms with Crippen molar-refractivity contribution in [2.24, 2.45) is 11.8 Å². The van der Waals surface area contributed by atoms with Crippen molar-refractivity contribution in [1.82, 2.24) is 4.98 Å². The van der Waals surface area contributed by atoms with E-state index < -0.39 is 12.1 Å². The highest BCUT2D eigenvalue weighted by Crippen LogP contribution is 2.40. The predicted octanol–water partition coefficient (Wildman–Crippen LogP) is 7.73. The number of aryl methyl sites for hydroxylation is 1. The molecule has 43 heavy (non-hydrogen) atoms. The number of fused-ring (bicyclic) bond motifs is 2. The van der Waals surface area contributed by atoms with Crippen LogP contribution >= 0.6 is 27.5 Å². The number of benzene rings is 3. The monoisotopic (exact) mass is 658 g/mol. The second-order valence-electron chi connectivity index (χ2n) is 11.1. The lowest BCUT2D eigenvalue weighted by atomic mass is 9.81. The summed E-state index contributed by atoms with van der Waals surface area (Å²) in [6.07, 6.45) is 2.41. The molecule has 1 saturated heterocycles. The van der Waals surface area contributed by atoms with Crippen molar-refractivity contribution in [2.45, 2.75) is 45.6 Å². The molecule has 4 aromatic rings. The highest BCUT2D eigenvalue weighted by atomic mass is 79.9. The minimum Gasteiger partial charge on any atom is -0.451 e. The molecule has 2 amide bonds. The number of ether oxygens (including phenoxy) is 1. The highest BCUT2D eigenvalue weighted by Gasteiger charge is 2.48. The SMILES string of the molecule is Cc1cc(Br)cc2c(C(=O)OC(C)C(=O)c3ccc(Cl)cc3)cc(-c3ccc(N4C(=O)C5CCCCC5C4=O)cc3)nc12. The molecule has 0 bridgehead atoms. The smallest absolute Gasteiger partial charge is 0.339 e. The van der Waals surface area contributed by atoms with Crippen LogP contribution in [0.4, 0.5) is 5.69 Å². The van der Waals surface area contributed by atoms with Gasteiger partial charge in [-0.2, -0.15) is 0 Å². The third kappa shape index (κ3) is 5.50. The van der Waals surface area contributed by atoms with E-state index in [9.17, 15) is 19.2 Å². The van der Waals surface area contributed by atoms with Crippen LogP contribution in [0.25, 0.3) is 22.2 Å². The second-order valence-corrected chi connectivity index (χ2v) is 12.5. The number of nitrogens with zero attached hydrogens (tertiary/aromatic N) is 2. The molecule has 3 atom stereocenters. The maximum Gasteiger partial charge on any atom is 0.339 e. The van der Waals surface area contributed by atoms with Gasteiger partial charge < -0.3 is 4.74 Å². The Bertz CT molecular complexity index is 1760. The zero-order chi connectivity index (χ0) is 30.4. The lowest BCUT2D eigenvalue weighted by Gasteiger charge is -2.19. The van der Waals surface area contributed by atoms with Crippen LogP contribution < -0.4 is 4.90 Å². The fourth-order valence-electron chi connectivity index (χ4n) is 6.10. The van der Waals surface area contributed by atoms with Crippen molar-refractivity contribution in [3.05, 3.63) is 92.9 Å². The Balaban J connectivity index is 1.32. The molecule has 218 valence electrons. The molecule has 1 saturated carbocycles. The van der Waals surface area contributed by atoms with E-state index in [4.69, 9.17) is 21.3 Å². The Morgan fingerprint density at radius 2 is 1.58 bits per heavy atom. The van der Waals surface area contributed by atoms with Gasteiger partial charge in [0.05, 0.1) is 34.3 Å². The average molecular weight is 660 g/mol. The van der Waals surface area contributed by atoms with Crippen molar-refractivity contribution in [3.63, 3.8) is 0 Å². The summed E-state index contributed by atoms with van der Waals surface area (Å²) in [6, 6.07) is 18.8. The molecule has 1 aliphatic carbocycles. The molecule has 0 radical (unpaired) electrons. The summed E-state index contributed by atoms with van der Waals surface area (Å²) < 4.78 is 6.45. The molecule has 3 aromatic carbocycles. The van der Waals surface area contributed by atoms with Gasteiger partial charge in [0.2, 0.25) is 17.6 Å². The van der Waals surface area contributed by atoms with Crippen LogP contribution in [0.1, 0.15) is 58.9 Å². The van der Waals surface area contributed by atoms with Crippen LogP contribution in [-0.4, -0.2) is 34.7 Å². The molecule has 1 aromatic heterocycles. The van der Waals surface area contributed by atoms with E-state index in [0.29, 0.717) is 38.4 Å². The third-order valence-electron chi connectivity index (χ3n) is 8.33. The molecule has 2 heterocycles. The number of pyridine rings is 1. The normalized spacial score (nSPS) is 18.9. The first-order valence-electron chi connectivity index (χ1n) is 14.2. The minimum absolute atomic E-state index is 0.125. The Hall–Kier alpha value is -3.88. The summed E-state index contributed by atoms with van der Waals surface area (Å²) in [5.74, 6) is -1.71. The third-order valence-corrected chi connectivity index (χ3v) is 9.04. The van der Waals surface area contributed by atoms with Crippen molar-refractivity contribution < 1.29 is 23.9 Å². The second kappa shape index (κ2) is 11.7. The Morgan fingerprint density at radius 3 is 2.21 bits per heavy atom. The summed E-state index contributed by atoms with van der Waals surface area (Å²) in [6.45, 7) is 3.44. The summed E-state index contributed by atoms with van der Waals surface area (Å²) >= 11 is 9.46. The number of esters is 1. The number of rotatable bonds is 6. The number of hydrogen-bond acceptors (Lipinski definition) is 6. The number of imide groups is 1. The largest absolute Gasteiger partial charge is 0.451 e. The van der Waals surface area contributed by atoms with Gasteiger partial charge in [0.15, 0.2) is 6.10 Å². The van der Waals surface area contributed by atoms with Gasteiger partial charge in [-0.05, 0) is 86.8 Å². The Kier molecular flexibility index (Phi) is 7.92. The summed E-state index contributed by atoms with van der Waals surface area (Å²) in [5, 5.41) is 1.09. The van der Waals surface area contributed by atoms with Gasteiger partial charge in [-0.3, -0.25) is 19.3 Å². The van der Waals surface area contributed by atoms with E-state index in [-0.39, 0.29) is 35.0 Å². The van der Waals surface area contributed by atoms with E-state index in [1.54, 1.807) is 60.7 Å². The molecular weight excluding hydrogens is 632 g/mol. The number of hydrogen-bond donors (Lipinski definition) is 0. The predicted molar refractivity (Wildman–Crippen MR) is 168 cm³/mol. The van der Waals surface area contributed by atoms with Crippen molar-refractivity contribution in [2.75, 3.05) is 4.90 Å². The lowest BCUT2D eigenvalue weighted by molar-refractivity contribution is -0.122. The zero-order valence-electron chi connectivity index (χ0n) is 23.6. The molecule has 0 spiro atoms. The number of amides is 2. The molecule has 2 aliphatic rings. The van der Waals surface area contributed by atoms with E-state index in [2.05, 4.69) is 15.9 Å². The van der Waals surface area contributed by atoms with Crippen molar-refractivity contribution >= 4 is 67.7 Å². The quantitative estimate of drug-likeness (QED) is 0.119. The topological polar surface area (TPSA) is 93.6 Å². The van der Waals surface area contributed by atoms with Gasteiger partial charge in [-0.1, -0.05) is 52.5 Å². The minimum atomic E-state index is -1.04. The van der Waals surface area contributed by atoms with Crippen LogP contribution in [-0.2, 0) is 14.3 Å². The fraction of sp³-hybridized carbons (Fsp3) is 0.265. The van der Waals surface area contributed by atoms with Crippen molar-refractivity contribution in [1.29, 1.82) is 0 Å². The van der Waals surface area contributed by atoms with E-state index in [0.717, 1.165) is 35.7 Å². The van der Waals surface area contributed by atoms with Gasteiger partial charge in [0.1, 0.15) is 0 Å². The van der Waals surface area contributed by atoms with Crippen LogP contribution in [0.2, 0.25) is 5.02 Å². The van der Waals surface area contributed by atoms with E-state index in [1.165, 1.54) is 11.8 Å². The molecule has 7 nitrogen and oxygen atoms in total. The number of halogens is 2. The number of ketones is 1. The first-order chi connectivity index (χ1) is 20.6. The van der Waals surface area contributed by atoms with Crippen LogP contribution in [0, 0.1) is 18.8 Å². The highest BCUT2D eigenvalue weighted by molar-refractivity contribution is 9.10. The molecule has 2 fully saturated rings. The average Bonchev–Trinajstić information content (AvgIpc) is 3.26. The van der Waals surface area contributed by atoms with Gasteiger partial charge in [0, 0.05) is 26.0 Å². The van der Waals surface area contributed by atoms with E-state index in [1.807, 2.05) is 13.0 Å². The number of carbonyl (C=O) groups is 4.